The molecular weight excluding hydrogens is 195 g/mol. The Balaban J connectivity index is 2.45. The summed E-state index contributed by atoms with van der Waals surface area (Å²) in [6.07, 6.45) is 0.171. The first-order valence-electron chi connectivity index (χ1n) is 4.17. The van der Waals surface area contributed by atoms with E-state index in [0.717, 1.165) is 0 Å². The van der Waals surface area contributed by atoms with E-state index in [4.69, 9.17) is 18.9 Å². The zero-order chi connectivity index (χ0) is 9.84. The van der Waals surface area contributed by atoms with Gasteiger partial charge in [-0.2, -0.15) is 0 Å². The lowest BCUT2D eigenvalue weighted by atomic mass is 10.1. The van der Waals surface area contributed by atoms with Crippen LogP contribution in [-0.2, 0) is 18.6 Å². The van der Waals surface area contributed by atoms with Crippen LogP contribution in [0.3, 0.4) is 0 Å². The topological polar surface area (TPSA) is 65.0 Å². The highest BCUT2D eigenvalue weighted by Crippen LogP contribution is 2.30. The van der Waals surface area contributed by atoms with Crippen molar-refractivity contribution in [2.24, 2.45) is 0 Å². The molecule has 0 saturated carbocycles. The Hall–Kier alpha value is 0.0700. The molecule has 1 rings (SSSR count). The minimum absolute atomic E-state index is 0.0616. The van der Waals surface area contributed by atoms with Crippen LogP contribution in [0.5, 0.6) is 0 Å². The summed E-state index contributed by atoms with van der Waals surface area (Å²) in [6, 6.07) is 0. The van der Waals surface area contributed by atoms with Crippen LogP contribution in [0.4, 0.5) is 0 Å². The fourth-order valence-electron chi connectivity index (χ4n) is 1.48. The molecule has 0 aliphatic carbocycles. The lowest BCUT2D eigenvalue weighted by Gasteiger charge is -2.16. The van der Waals surface area contributed by atoms with Crippen LogP contribution in [0.1, 0.15) is 13.3 Å². The van der Waals surface area contributed by atoms with Gasteiger partial charge in [0.05, 0.1) is 18.8 Å². The third kappa shape index (κ3) is 3.37. The Labute approximate surface area is 77.9 Å². The lowest BCUT2D eigenvalue weighted by molar-refractivity contribution is -0.0235. The maximum atomic E-state index is 10.5. The number of methoxy groups -OCH3 is 1. The third-order valence-corrected chi connectivity index (χ3v) is 2.47. The van der Waals surface area contributed by atoms with E-state index in [1.807, 2.05) is 6.92 Å². The van der Waals surface area contributed by atoms with Gasteiger partial charge in [-0.1, -0.05) is 0 Å². The van der Waals surface area contributed by atoms with E-state index in [2.05, 4.69) is 0 Å². The smallest absolute Gasteiger partial charge is 0.316 e. The molecule has 1 saturated heterocycles. The van der Waals surface area contributed by atoms with Gasteiger partial charge < -0.3 is 18.9 Å². The van der Waals surface area contributed by atoms with Crippen molar-refractivity contribution in [3.8, 4) is 0 Å². The second-order valence-electron chi connectivity index (χ2n) is 3.10. The molecule has 1 N–H and O–H groups in total. The van der Waals surface area contributed by atoms with Crippen LogP contribution in [-0.4, -0.2) is 36.9 Å². The van der Waals surface area contributed by atoms with Gasteiger partial charge in [0.1, 0.15) is 6.10 Å². The Morgan fingerprint density at radius 2 is 2.38 bits per heavy atom. The molecule has 1 heterocycles. The molecule has 4 unspecified atom stereocenters. The van der Waals surface area contributed by atoms with Crippen molar-refractivity contribution in [1.29, 1.82) is 0 Å². The van der Waals surface area contributed by atoms with Gasteiger partial charge in [-0.3, -0.25) is 4.57 Å². The van der Waals surface area contributed by atoms with E-state index >= 15 is 0 Å². The summed E-state index contributed by atoms with van der Waals surface area (Å²) in [6.45, 7) is 2.30. The Bertz CT molecular complexity index is 186. The SMILES string of the molecule is COCC1OC(C)CC1O[PH](=O)O. The van der Waals surface area contributed by atoms with E-state index in [1.54, 1.807) is 7.11 Å². The van der Waals surface area contributed by atoms with Gasteiger partial charge in [-0.25, -0.2) is 0 Å². The molecule has 0 radical (unpaired) electrons. The molecule has 0 aromatic heterocycles. The molecule has 0 aromatic carbocycles. The molecule has 1 aliphatic rings. The monoisotopic (exact) mass is 210 g/mol. The fraction of sp³-hybridized carbons (Fsp3) is 1.00. The second-order valence-corrected chi connectivity index (χ2v) is 3.87. The highest BCUT2D eigenvalue weighted by Gasteiger charge is 2.34. The van der Waals surface area contributed by atoms with Gasteiger partial charge in [0.15, 0.2) is 0 Å². The van der Waals surface area contributed by atoms with Crippen molar-refractivity contribution in [3.05, 3.63) is 0 Å². The number of hydrogen-bond acceptors (Lipinski definition) is 4. The summed E-state index contributed by atoms with van der Waals surface area (Å²) in [5.41, 5.74) is 0. The van der Waals surface area contributed by atoms with Gasteiger partial charge in [0.25, 0.3) is 0 Å². The van der Waals surface area contributed by atoms with E-state index < -0.39 is 8.25 Å². The fourth-order valence-corrected chi connectivity index (χ4v) is 1.99. The lowest BCUT2D eigenvalue weighted by Crippen LogP contribution is -2.27. The summed E-state index contributed by atoms with van der Waals surface area (Å²) in [5, 5.41) is 0. The van der Waals surface area contributed by atoms with Crippen molar-refractivity contribution in [3.63, 3.8) is 0 Å². The zero-order valence-electron chi connectivity index (χ0n) is 7.73. The maximum absolute atomic E-state index is 10.5. The first-order valence-corrected chi connectivity index (χ1v) is 5.44. The summed E-state index contributed by atoms with van der Waals surface area (Å²) >= 11 is 0. The van der Waals surface area contributed by atoms with Crippen LogP contribution in [0.25, 0.3) is 0 Å². The van der Waals surface area contributed by atoms with Crippen LogP contribution >= 0.6 is 8.25 Å². The zero-order valence-corrected chi connectivity index (χ0v) is 8.73. The number of ether oxygens (including phenoxy) is 2. The van der Waals surface area contributed by atoms with Gasteiger partial charge in [-0.05, 0) is 6.92 Å². The Kier molecular flexibility index (Phi) is 4.35. The third-order valence-electron chi connectivity index (χ3n) is 1.97. The van der Waals surface area contributed by atoms with Crippen molar-refractivity contribution < 1.29 is 23.5 Å². The molecule has 0 bridgehead atoms. The van der Waals surface area contributed by atoms with Crippen LogP contribution < -0.4 is 0 Å². The van der Waals surface area contributed by atoms with Crippen LogP contribution in [0.15, 0.2) is 0 Å². The molecule has 0 amide bonds. The van der Waals surface area contributed by atoms with Crippen molar-refractivity contribution in [2.75, 3.05) is 13.7 Å². The first-order chi connectivity index (χ1) is 6.13. The van der Waals surface area contributed by atoms with Crippen LogP contribution in [0, 0.1) is 0 Å². The average Bonchev–Trinajstić information content (AvgIpc) is 2.31. The number of hydrogen-bond donors (Lipinski definition) is 1. The standard InChI is InChI=1S/C7H15O5P/c1-5-3-6(12-13(8)9)7(11-5)4-10-2/h5-7,13H,3-4H2,1-2H3,(H,8,9). The van der Waals surface area contributed by atoms with Crippen molar-refractivity contribution in [2.45, 2.75) is 31.7 Å². The molecule has 78 valence electrons. The molecule has 13 heavy (non-hydrogen) atoms. The van der Waals surface area contributed by atoms with Gasteiger partial charge >= 0.3 is 8.25 Å². The first kappa shape index (κ1) is 11.1. The molecular formula is C7H15O5P. The molecule has 1 aliphatic heterocycles. The van der Waals surface area contributed by atoms with Crippen molar-refractivity contribution in [1.82, 2.24) is 0 Å². The summed E-state index contributed by atoms with van der Waals surface area (Å²) in [4.78, 5) is 8.61. The molecule has 4 atom stereocenters. The molecule has 0 spiro atoms. The quantitative estimate of drug-likeness (QED) is 0.687. The molecule has 6 heteroatoms. The van der Waals surface area contributed by atoms with Gasteiger partial charge in [0.2, 0.25) is 0 Å². The van der Waals surface area contributed by atoms with E-state index in [9.17, 15) is 4.57 Å². The summed E-state index contributed by atoms with van der Waals surface area (Å²) in [7, 11) is -1.32. The maximum Gasteiger partial charge on any atom is 0.316 e. The minimum Gasteiger partial charge on any atom is -0.382 e. The minimum atomic E-state index is -2.88. The number of rotatable bonds is 4. The predicted molar refractivity (Wildman–Crippen MR) is 46.9 cm³/mol. The van der Waals surface area contributed by atoms with Crippen LogP contribution in [0.2, 0.25) is 0 Å². The average molecular weight is 210 g/mol. The highest BCUT2D eigenvalue weighted by molar-refractivity contribution is 7.32. The molecule has 1 fully saturated rings. The van der Waals surface area contributed by atoms with Gasteiger partial charge in [-0.15, -0.1) is 0 Å². The molecule has 5 nitrogen and oxygen atoms in total. The normalized spacial score (nSPS) is 36.4. The Morgan fingerprint density at radius 3 is 2.92 bits per heavy atom. The van der Waals surface area contributed by atoms with E-state index in [-0.39, 0.29) is 18.3 Å². The predicted octanol–water partition coefficient (Wildman–Crippen LogP) is 0.577. The van der Waals surface area contributed by atoms with Crippen molar-refractivity contribution >= 4 is 8.25 Å². The molecule has 0 aromatic rings. The second kappa shape index (κ2) is 5.08. The summed E-state index contributed by atoms with van der Waals surface area (Å²) in [5.74, 6) is 0. The van der Waals surface area contributed by atoms with E-state index in [1.165, 1.54) is 0 Å². The largest absolute Gasteiger partial charge is 0.382 e. The van der Waals surface area contributed by atoms with Gasteiger partial charge in [0, 0.05) is 13.5 Å². The van der Waals surface area contributed by atoms with E-state index in [0.29, 0.717) is 13.0 Å². The summed E-state index contributed by atoms with van der Waals surface area (Å²) < 4.78 is 25.7. The Morgan fingerprint density at radius 1 is 1.69 bits per heavy atom. The highest BCUT2D eigenvalue weighted by atomic mass is 31.1.